The highest BCUT2D eigenvalue weighted by Crippen LogP contribution is 2.36. The van der Waals surface area contributed by atoms with Crippen LogP contribution in [0.1, 0.15) is 58.8 Å². The van der Waals surface area contributed by atoms with Gasteiger partial charge in [0.15, 0.2) is 6.61 Å². The number of carbonyl (C=O) groups is 2. The molecule has 3 rings (SSSR count). The van der Waals surface area contributed by atoms with E-state index in [0.29, 0.717) is 23.7 Å². The van der Waals surface area contributed by atoms with Crippen LogP contribution in [0.25, 0.3) is 0 Å². The largest absolute Gasteiger partial charge is 0.482 e. The maximum atomic E-state index is 12.7. The Hall–Kier alpha value is -2.30. The number of anilines is 2. The number of ether oxygens (including phenoxy) is 1. The zero-order chi connectivity index (χ0) is 20.1. The zero-order valence-electron chi connectivity index (χ0n) is 17.1. The average Bonchev–Trinajstić information content (AvgIpc) is 2.69. The van der Waals surface area contributed by atoms with Crippen LogP contribution in [0.15, 0.2) is 30.4 Å². The number of carbonyl (C=O) groups excluding carboxylic acids is 2. The number of hydrogen-bond donors (Lipinski definition) is 1. The summed E-state index contributed by atoms with van der Waals surface area (Å²) >= 11 is 0. The van der Waals surface area contributed by atoms with E-state index >= 15 is 0 Å². The number of fused-ring (bicyclic) bond motifs is 1. The minimum Gasteiger partial charge on any atom is -0.482 e. The Morgan fingerprint density at radius 3 is 2.71 bits per heavy atom. The van der Waals surface area contributed by atoms with Crippen molar-refractivity contribution in [3.63, 3.8) is 0 Å². The Bertz CT molecular complexity index is 735. The number of unbranched alkanes of at least 4 members (excludes halogenated alkanes) is 1. The summed E-state index contributed by atoms with van der Waals surface area (Å²) in [5.74, 6) is 1.52. The Morgan fingerprint density at radius 1 is 1.29 bits per heavy atom. The summed E-state index contributed by atoms with van der Waals surface area (Å²) < 4.78 is 5.53. The van der Waals surface area contributed by atoms with Crippen LogP contribution >= 0.6 is 0 Å². The van der Waals surface area contributed by atoms with Crippen LogP contribution in [0.2, 0.25) is 0 Å². The van der Waals surface area contributed by atoms with Gasteiger partial charge in [0.2, 0.25) is 5.91 Å². The standard InChI is InChI=1S/C23H32N2O3/c1-4-5-6-17-7-9-18(10-8-17)23(27)24-19-11-12-21-20(13-19)25(14-16(2)3)22(26)15-28-21/h11-13,17-18H,2,4-10,14-15H2,1,3H3,(H,24,27). The normalized spacial score (nSPS) is 21.6. The molecule has 0 atom stereocenters. The molecule has 1 aromatic rings. The van der Waals surface area contributed by atoms with Crippen LogP contribution in [0.4, 0.5) is 11.4 Å². The van der Waals surface area contributed by atoms with E-state index in [4.69, 9.17) is 4.74 Å². The average molecular weight is 385 g/mol. The molecule has 1 heterocycles. The van der Waals surface area contributed by atoms with Crippen molar-refractivity contribution in [1.29, 1.82) is 0 Å². The fraction of sp³-hybridized carbons (Fsp3) is 0.565. The molecule has 1 aliphatic carbocycles. The molecule has 5 heteroatoms. The first kappa shape index (κ1) is 20.4. The van der Waals surface area contributed by atoms with Gasteiger partial charge in [-0.3, -0.25) is 9.59 Å². The second kappa shape index (κ2) is 9.26. The minimum absolute atomic E-state index is 0.0350. The monoisotopic (exact) mass is 384 g/mol. The lowest BCUT2D eigenvalue weighted by Crippen LogP contribution is -2.39. The van der Waals surface area contributed by atoms with Crippen LogP contribution in [-0.4, -0.2) is 25.0 Å². The maximum Gasteiger partial charge on any atom is 0.265 e. The van der Waals surface area contributed by atoms with E-state index in [9.17, 15) is 9.59 Å². The van der Waals surface area contributed by atoms with Gasteiger partial charge in [0.1, 0.15) is 5.75 Å². The van der Waals surface area contributed by atoms with E-state index < -0.39 is 0 Å². The molecule has 0 radical (unpaired) electrons. The lowest BCUT2D eigenvalue weighted by molar-refractivity contribution is -0.121. The summed E-state index contributed by atoms with van der Waals surface area (Å²) in [7, 11) is 0. The van der Waals surface area contributed by atoms with Gasteiger partial charge in [-0.05, 0) is 56.7 Å². The summed E-state index contributed by atoms with van der Waals surface area (Å²) in [6, 6.07) is 5.50. The maximum absolute atomic E-state index is 12.7. The van der Waals surface area contributed by atoms with Crippen molar-refractivity contribution in [3.8, 4) is 5.75 Å². The molecule has 1 N–H and O–H groups in total. The van der Waals surface area contributed by atoms with E-state index in [-0.39, 0.29) is 24.3 Å². The van der Waals surface area contributed by atoms with Crippen LogP contribution in [0, 0.1) is 11.8 Å². The molecule has 1 aliphatic heterocycles. The Kier molecular flexibility index (Phi) is 6.76. The quantitative estimate of drug-likeness (QED) is 0.679. The molecule has 0 unspecified atom stereocenters. The van der Waals surface area contributed by atoms with Gasteiger partial charge in [0.25, 0.3) is 5.91 Å². The minimum atomic E-state index is -0.0932. The second-order valence-corrected chi connectivity index (χ2v) is 8.26. The lowest BCUT2D eigenvalue weighted by Gasteiger charge is -2.30. The molecule has 2 aliphatic rings. The predicted octanol–water partition coefficient (Wildman–Crippen LogP) is 4.92. The molecule has 1 saturated carbocycles. The van der Waals surface area contributed by atoms with E-state index in [2.05, 4.69) is 18.8 Å². The van der Waals surface area contributed by atoms with Crippen molar-refractivity contribution in [2.75, 3.05) is 23.4 Å². The molecule has 0 saturated heterocycles. The number of rotatable bonds is 7. The fourth-order valence-electron chi connectivity index (χ4n) is 4.17. The topological polar surface area (TPSA) is 58.6 Å². The van der Waals surface area contributed by atoms with Crippen LogP contribution in [-0.2, 0) is 9.59 Å². The molecule has 1 aromatic carbocycles. The van der Waals surface area contributed by atoms with E-state index in [1.807, 2.05) is 25.1 Å². The van der Waals surface area contributed by atoms with Gasteiger partial charge in [0, 0.05) is 18.2 Å². The molecule has 5 nitrogen and oxygen atoms in total. The van der Waals surface area contributed by atoms with Gasteiger partial charge in [-0.15, -0.1) is 0 Å². The lowest BCUT2D eigenvalue weighted by atomic mass is 9.79. The van der Waals surface area contributed by atoms with Crippen molar-refractivity contribution in [3.05, 3.63) is 30.4 Å². The smallest absolute Gasteiger partial charge is 0.265 e. The van der Waals surface area contributed by atoms with Crippen molar-refractivity contribution in [2.45, 2.75) is 58.8 Å². The van der Waals surface area contributed by atoms with Crippen LogP contribution in [0.3, 0.4) is 0 Å². The molecule has 1 fully saturated rings. The van der Waals surface area contributed by atoms with Gasteiger partial charge in [-0.2, -0.15) is 0 Å². The summed E-state index contributed by atoms with van der Waals surface area (Å²) in [5.41, 5.74) is 2.30. The van der Waals surface area contributed by atoms with E-state index in [1.165, 1.54) is 19.3 Å². The molecule has 0 aromatic heterocycles. The number of nitrogens with one attached hydrogen (secondary N) is 1. The SMILES string of the molecule is C=C(C)CN1C(=O)COc2ccc(NC(=O)C3CCC(CCCC)CC3)cc21. The van der Waals surface area contributed by atoms with Crippen molar-refractivity contribution in [1.82, 2.24) is 0 Å². The molecule has 0 spiro atoms. The molecule has 152 valence electrons. The number of nitrogens with zero attached hydrogens (tertiary/aromatic N) is 1. The summed E-state index contributed by atoms with van der Waals surface area (Å²) in [6.07, 6.45) is 8.06. The number of hydrogen-bond acceptors (Lipinski definition) is 3. The predicted molar refractivity (Wildman–Crippen MR) is 113 cm³/mol. The third-order valence-corrected chi connectivity index (χ3v) is 5.78. The van der Waals surface area contributed by atoms with Crippen molar-refractivity contribution < 1.29 is 14.3 Å². The van der Waals surface area contributed by atoms with Crippen molar-refractivity contribution >= 4 is 23.2 Å². The molecule has 28 heavy (non-hydrogen) atoms. The zero-order valence-corrected chi connectivity index (χ0v) is 17.1. The molecule has 0 bridgehead atoms. The second-order valence-electron chi connectivity index (χ2n) is 8.26. The third-order valence-electron chi connectivity index (χ3n) is 5.78. The highest BCUT2D eigenvalue weighted by atomic mass is 16.5. The third kappa shape index (κ3) is 4.94. The van der Waals surface area contributed by atoms with Crippen LogP contribution in [0.5, 0.6) is 5.75 Å². The summed E-state index contributed by atoms with van der Waals surface area (Å²) in [6.45, 7) is 8.52. The van der Waals surface area contributed by atoms with Gasteiger partial charge < -0.3 is 15.0 Å². The fourth-order valence-corrected chi connectivity index (χ4v) is 4.17. The Labute approximate surface area is 168 Å². The van der Waals surface area contributed by atoms with Crippen molar-refractivity contribution in [2.24, 2.45) is 11.8 Å². The molecular formula is C23H32N2O3. The van der Waals surface area contributed by atoms with Crippen LogP contribution < -0.4 is 15.0 Å². The van der Waals surface area contributed by atoms with E-state index in [0.717, 1.165) is 37.2 Å². The van der Waals surface area contributed by atoms with Gasteiger partial charge >= 0.3 is 0 Å². The van der Waals surface area contributed by atoms with E-state index in [1.54, 1.807) is 4.90 Å². The summed E-state index contributed by atoms with van der Waals surface area (Å²) in [4.78, 5) is 26.7. The summed E-state index contributed by atoms with van der Waals surface area (Å²) in [5, 5.41) is 3.05. The number of amides is 2. The highest BCUT2D eigenvalue weighted by molar-refractivity contribution is 6.00. The first-order chi connectivity index (χ1) is 13.5. The molecular weight excluding hydrogens is 352 g/mol. The van der Waals surface area contributed by atoms with Gasteiger partial charge in [-0.25, -0.2) is 0 Å². The first-order valence-electron chi connectivity index (χ1n) is 10.5. The Balaban J connectivity index is 1.64. The first-order valence-corrected chi connectivity index (χ1v) is 10.5. The Morgan fingerprint density at radius 2 is 2.04 bits per heavy atom. The number of benzene rings is 1. The van der Waals surface area contributed by atoms with Gasteiger partial charge in [-0.1, -0.05) is 38.3 Å². The molecule has 2 amide bonds. The van der Waals surface area contributed by atoms with Gasteiger partial charge in [0.05, 0.1) is 5.69 Å². The highest BCUT2D eigenvalue weighted by Gasteiger charge is 2.28.